The summed E-state index contributed by atoms with van der Waals surface area (Å²) in [6.07, 6.45) is 0. The van der Waals surface area contributed by atoms with Crippen LogP contribution in [0.15, 0.2) is 45.6 Å². The molecule has 2 N–H and O–H groups in total. The quantitative estimate of drug-likeness (QED) is 0.598. The number of hydrogen-bond donors (Lipinski definition) is 2. The molecular formula is C16H12N2O4S. The van der Waals surface area contributed by atoms with Crippen LogP contribution in [0.5, 0.6) is 0 Å². The Hall–Kier alpha value is -2.93. The van der Waals surface area contributed by atoms with Gasteiger partial charge in [-0.2, -0.15) is 11.3 Å². The van der Waals surface area contributed by atoms with Gasteiger partial charge in [-0.3, -0.25) is 10.1 Å². The van der Waals surface area contributed by atoms with Crippen molar-refractivity contribution in [1.82, 2.24) is 5.16 Å². The van der Waals surface area contributed by atoms with Crippen molar-refractivity contribution in [2.24, 2.45) is 0 Å². The molecule has 2 aromatic rings. The third-order valence-corrected chi connectivity index (χ3v) is 3.79. The molecule has 0 bridgehead atoms. The minimum absolute atomic E-state index is 0.140. The zero-order valence-electron chi connectivity index (χ0n) is 12.1. The number of amides is 1. The minimum Gasteiger partial charge on any atom is -0.477 e. The van der Waals surface area contributed by atoms with Crippen molar-refractivity contribution >= 4 is 29.1 Å². The topological polar surface area (TPSA) is 92.4 Å². The lowest BCUT2D eigenvalue weighted by molar-refractivity contribution is -0.114. The fraction of sp³-hybridized carbons (Fsp3) is 0.0625. The van der Waals surface area contributed by atoms with Crippen LogP contribution in [0.3, 0.4) is 0 Å². The summed E-state index contributed by atoms with van der Waals surface area (Å²) in [5.41, 5.74) is 3.57. The summed E-state index contributed by atoms with van der Waals surface area (Å²) < 4.78 is 4.83. The van der Waals surface area contributed by atoms with Crippen molar-refractivity contribution < 1.29 is 19.2 Å². The maximum absolute atomic E-state index is 11.1. The SMILES string of the molecule is CC(=O)Nc1onc(-c2ccsc2)c1C(=O)O.c1cc2cc-2c1. The van der Waals surface area contributed by atoms with E-state index in [1.165, 1.54) is 29.4 Å². The zero-order chi connectivity index (χ0) is 16.4. The van der Waals surface area contributed by atoms with Gasteiger partial charge in [-0.15, -0.1) is 0 Å². The number of aromatic carboxylic acids is 1. The number of nitrogens with one attached hydrogen (secondary N) is 1. The van der Waals surface area contributed by atoms with Crippen LogP contribution < -0.4 is 5.32 Å². The molecule has 6 nitrogen and oxygen atoms in total. The van der Waals surface area contributed by atoms with Crippen LogP contribution >= 0.6 is 11.3 Å². The van der Waals surface area contributed by atoms with E-state index in [1.54, 1.807) is 16.8 Å². The van der Waals surface area contributed by atoms with E-state index in [0.29, 0.717) is 5.56 Å². The van der Waals surface area contributed by atoms with Gasteiger partial charge >= 0.3 is 5.97 Å². The molecule has 2 heterocycles. The second-order valence-electron chi connectivity index (χ2n) is 4.81. The van der Waals surface area contributed by atoms with E-state index in [0.717, 1.165) is 0 Å². The lowest BCUT2D eigenvalue weighted by Gasteiger charge is -1.97. The Labute approximate surface area is 135 Å². The van der Waals surface area contributed by atoms with E-state index < -0.39 is 11.9 Å². The average molecular weight is 328 g/mol. The summed E-state index contributed by atoms with van der Waals surface area (Å²) in [6, 6.07) is 10.2. The third kappa shape index (κ3) is 3.29. The van der Waals surface area contributed by atoms with Gasteiger partial charge in [-0.1, -0.05) is 23.4 Å². The molecule has 2 aliphatic rings. The van der Waals surface area contributed by atoms with Crippen molar-refractivity contribution in [2.75, 3.05) is 5.32 Å². The maximum Gasteiger partial charge on any atom is 0.343 e. The Bertz CT molecular complexity index is 851. The van der Waals surface area contributed by atoms with Gasteiger partial charge in [0.05, 0.1) is 0 Å². The number of hydrogen-bond acceptors (Lipinski definition) is 5. The highest BCUT2D eigenvalue weighted by Crippen LogP contribution is 2.32. The zero-order valence-corrected chi connectivity index (χ0v) is 12.9. The van der Waals surface area contributed by atoms with E-state index in [9.17, 15) is 9.59 Å². The number of aromatic nitrogens is 1. The van der Waals surface area contributed by atoms with Crippen molar-refractivity contribution in [3.63, 3.8) is 0 Å². The normalized spacial score (nSPS) is 10.5. The van der Waals surface area contributed by atoms with Crippen molar-refractivity contribution in [2.45, 2.75) is 6.92 Å². The van der Waals surface area contributed by atoms with Crippen LogP contribution in [-0.2, 0) is 4.79 Å². The highest BCUT2D eigenvalue weighted by molar-refractivity contribution is 7.08. The fourth-order valence-corrected chi connectivity index (χ4v) is 2.65. The summed E-state index contributed by atoms with van der Waals surface area (Å²) in [4.78, 5) is 22.0. The smallest absolute Gasteiger partial charge is 0.343 e. The molecule has 0 aromatic carbocycles. The summed E-state index contributed by atoms with van der Waals surface area (Å²) in [5.74, 6) is -1.76. The van der Waals surface area contributed by atoms with Crippen molar-refractivity contribution in [1.29, 1.82) is 0 Å². The van der Waals surface area contributed by atoms with Crippen LogP contribution in [0.2, 0.25) is 0 Å². The average Bonchev–Trinajstić information content (AvgIpc) is 2.98. The number of carboxylic acid groups (broad SMARTS) is 1. The Morgan fingerprint density at radius 1 is 1.22 bits per heavy atom. The number of fused-ring (bicyclic) bond motifs is 1. The van der Waals surface area contributed by atoms with Crippen molar-refractivity contribution in [3.8, 4) is 22.4 Å². The predicted molar refractivity (Wildman–Crippen MR) is 86.5 cm³/mol. The second kappa shape index (κ2) is 6.05. The number of rotatable bonds is 3. The van der Waals surface area contributed by atoms with Gasteiger partial charge < -0.3 is 9.63 Å². The van der Waals surface area contributed by atoms with Gasteiger partial charge in [0.1, 0.15) is 5.69 Å². The molecule has 7 heteroatoms. The molecular weight excluding hydrogens is 316 g/mol. The fourth-order valence-electron chi connectivity index (χ4n) is 2.01. The van der Waals surface area contributed by atoms with Gasteiger partial charge in [0.25, 0.3) is 0 Å². The lowest BCUT2D eigenvalue weighted by atomic mass is 10.1. The Morgan fingerprint density at radius 2 is 1.96 bits per heavy atom. The largest absolute Gasteiger partial charge is 0.477 e. The molecule has 0 unspecified atom stereocenters. The number of benzene rings is 1. The van der Waals surface area contributed by atoms with Crippen LogP contribution in [-0.4, -0.2) is 22.1 Å². The van der Waals surface area contributed by atoms with E-state index in [1.807, 2.05) is 0 Å². The van der Waals surface area contributed by atoms with Gasteiger partial charge in [0.15, 0.2) is 5.56 Å². The van der Waals surface area contributed by atoms with Gasteiger partial charge in [0, 0.05) is 17.9 Å². The predicted octanol–water partition coefficient (Wildman–Crippen LogP) is 3.73. The van der Waals surface area contributed by atoms with E-state index in [4.69, 9.17) is 9.63 Å². The highest BCUT2D eigenvalue weighted by atomic mass is 32.1. The Balaban J connectivity index is 0.000000213. The summed E-state index contributed by atoms with van der Waals surface area (Å²) in [6.45, 7) is 1.26. The summed E-state index contributed by atoms with van der Waals surface area (Å²) in [5, 5.41) is 18.6. The first-order valence-corrected chi connectivity index (χ1v) is 7.64. The number of carboxylic acids is 1. The van der Waals surface area contributed by atoms with E-state index in [-0.39, 0.29) is 17.1 Å². The molecule has 0 spiro atoms. The van der Waals surface area contributed by atoms with Crippen LogP contribution in [0.4, 0.5) is 5.88 Å². The van der Waals surface area contributed by atoms with Crippen LogP contribution in [0.1, 0.15) is 17.3 Å². The monoisotopic (exact) mass is 328 g/mol. The second-order valence-corrected chi connectivity index (χ2v) is 5.59. The highest BCUT2D eigenvalue weighted by Gasteiger charge is 2.24. The molecule has 23 heavy (non-hydrogen) atoms. The summed E-state index contributed by atoms with van der Waals surface area (Å²) >= 11 is 1.42. The molecule has 2 aliphatic carbocycles. The van der Waals surface area contributed by atoms with Crippen molar-refractivity contribution in [3.05, 3.63) is 46.7 Å². The number of anilines is 1. The lowest BCUT2D eigenvalue weighted by Crippen LogP contribution is -2.09. The molecule has 0 saturated heterocycles. The minimum atomic E-state index is -1.20. The van der Waals surface area contributed by atoms with Gasteiger partial charge in [0.2, 0.25) is 11.8 Å². The maximum atomic E-state index is 11.1. The number of thiophene rings is 1. The molecule has 2 aromatic heterocycles. The molecule has 0 atom stereocenters. The van der Waals surface area contributed by atoms with Crippen LogP contribution in [0, 0.1) is 0 Å². The Morgan fingerprint density at radius 3 is 2.39 bits per heavy atom. The first kappa shape index (κ1) is 15.0. The molecule has 0 fully saturated rings. The molecule has 116 valence electrons. The van der Waals surface area contributed by atoms with Gasteiger partial charge in [-0.05, 0) is 28.6 Å². The molecule has 0 radical (unpaired) electrons. The Kier molecular flexibility index (Phi) is 3.94. The van der Waals surface area contributed by atoms with Crippen LogP contribution in [0.25, 0.3) is 22.4 Å². The van der Waals surface area contributed by atoms with E-state index in [2.05, 4.69) is 34.7 Å². The molecule has 0 saturated carbocycles. The van der Waals surface area contributed by atoms with Gasteiger partial charge in [-0.25, -0.2) is 4.79 Å². The number of carbonyl (C=O) groups excluding carboxylic acids is 1. The molecule has 1 amide bonds. The standard InChI is InChI=1S/C10H8N2O4S.C6H4/c1-5(13)11-9-7(10(14)15)8(12-16-9)6-2-3-17-4-6;1-2-5-4-6(5)3-1/h2-4H,1H3,(H,11,13)(H,14,15);1-4H. The number of carbonyl (C=O) groups is 2. The first-order valence-electron chi connectivity index (χ1n) is 6.70. The molecule has 0 aliphatic heterocycles. The molecule has 4 rings (SSSR count). The number of nitrogens with zero attached hydrogens (tertiary/aromatic N) is 1. The summed E-state index contributed by atoms with van der Waals surface area (Å²) in [7, 11) is 0. The first-order chi connectivity index (χ1) is 11.1. The third-order valence-electron chi connectivity index (χ3n) is 3.10. The van der Waals surface area contributed by atoms with E-state index >= 15 is 0 Å².